The molecule has 0 saturated carbocycles. The van der Waals surface area contributed by atoms with Gasteiger partial charge in [-0.15, -0.1) is 0 Å². The molecule has 3 N–H and O–H groups in total. The zero-order valence-electron chi connectivity index (χ0n) is 21.0. The van der Waals surface area contributed by atoms with Crippen LogP contribution >= 0.6 is 0 Å². The van der Waals surface area contributed by atoms with Crippen molar-refractivity contribution in [1.82, 2.24) is 4.98 Å². The van der Waals surface area contributed by atoms with Gasteiger partial charge >= 0.3 is 6.18 Å². The minimum atomic E-state index is -4.81. The highest BCUT2D eigenvalue weighted by Gasteiger charge is 2.65. The van der Waals surface area contributed by atoms with Gasteiger partial charge in [-0.1, -0.05) is 19.9 Å². The Morgan fingerprint density at radius 3 is 2.49 bits per heavy atom. The van der Waals surface area contributed by atoms with Crippen LogP contribution < -0.4 is 15.9 Å². The van der Waals surface area contributed by atoms with Crippen molar-refractivity contribution in [2.45, 2.75) is 57.4 Å². The Morgan fingerprint density at radius 1 is 1.30 bits per heavy atom. The number of nitrogens with two attached hydrogens (primary N) is 1. The minimum Gasteiger partial charge on any atom is -0.493 e. The molecule has 1 aromatic heterocycles. The maximum atomic E-state index is 14.6. The zero-order chi connectivity index (χ0) is 27.9. The summed E-state index contributed by atoms with van der Waals surface area (Å²) in [6.07, 6.45) is -6.19. The van der Waals surface area contributed by atoms with Gasteiger partial charge in [0, 0.05) is 46.3 Å². The molecular weight excluding hydrogens is 503 g/mol. The van der Waals surface area contributed by atoms with E-state index < -0.39 is 64.4 Å². The Morgan fingerprint density at radius 2 is 1.95 bits per heavy atom. The van der Waals surface area contributed by atoms with Gasteiger partial charge in [-0.2, -0.15) is 17.6 Å². The fraction of sp³-hybridized carbons (Fsp3) is 0.520. The number of pyridine rings is 1. The summed E-state index contributed by atoms with van der Waals surface area (Å²) in [6, 6.07) is 3.10. The standard InChI is InChI=1S/C25H29F5N2O5/c1-11(9-36-10-18(31)34)19-13(3)32-16(8-17(19)33)23-20(12(2)24(4,37-23)25(28,29)30)14-6-7-15(26)21(27)22(14)35-5/h6-8,11-12,20,23H,9-10H2,1-5H3,(H2,31,34)(H,32,33)/t11-,12+,20+,23+,24-/m1/s1. The number of carbonyl (C=O) groups excluding carboxylic acids is 1. The Bertz CT molecular complexity index is 1230. The number of rotatable bonds is 8. The summed E-state index contributed by atoms with van der Waals surface area (Å²) in [5.74, 6) is -6.67. The van der Waals surface area contributed by atoms with Crippen LogP contribution in [-0.2, 0) is 14.3 Å². The van der Waals surface area contributed by atoms with Gasteiger partial charge in [-0.3, -0.25) is 9.59 Å². The number of alkyl halides is 3. The molecule has 2 heterocycles. The summed E-state index contributed by atoms with van der Waals surface area (Å²) in [5.41, 5.74) is 2.56. The molecule has 12 heteroatoms. The van der Waals surface area contributed by atoms with Gasteiger partial charge < -0.3 is 24.9 Å². The van der Waals surface area contributed by atoms with E-state index in [4.69, 9.17) is 19.9 Å². The Hall–Kier alpha value is -2.99. The van der Waals surface area contributed by atoms with Gasteiger partial charge in [-0.25, -0.2) is 4.39 Å². The number of nitrogens with one attached hydrogen (secondary N) is 1. The molecule has 0 bridgehead atoms. The predicted octanol–water partition coefficient (Wildman–Crippen LogP) is 4.39. The third kappa shape index (κ3) is 5.22. The number of amides is 1. The summed E-state index contributed by atoms with van der Waals surface area (Å²) in [5, 5.41) is 0. The van der Waals surface area contributed by atoms with E-state index in [9.17, 15) is 31.5 Å². The summed E-state index contributed by atoms with van der Waals surface area (Å²) in [4.78, 5) is 27.0. The first-order chi connectivity index (χ1) is 17.1. The number of H-pyrrole nitrogens is 1. The van der Waals surface area contributed by atoms with E-state index >= 15 is 0 Å². The predicted molar refractivity (Wildman–Crippen MR) is 123 cm³/mol. The molecule has 0 spiro atoms. The number of aromatic nitrogens is 1. The number of hydrogen-bond donors (Lipinski definition) is 2. The van der Waals surface area contributed by atoms with Crippen molar-refractivity contribution < 1.29 is 41.0 Å². The maximum Gasteiger partial charge on any atom is 0.417 e. The summed E-state index contributed by atoms with van der Waals surface area (Å²) < 4.78 is 86.9. The highest BCUT2D eigenvalue weighted by molar-refractivity contribution is 5.74. The van der Waals surface area contributed by atoms with Gasteiger partial charge in [0.15, 0.2) is 22.6 Å². The summed E-state index contributed by atoms with van der Waals surface area (Å²) in [7, 11) is 1.09. The maximum absolute atomic E-state index is 14.6. The van der Waals surface area contributed by atoms with Crippen LogP contribution in [0.15, 0.2) is 23.0 Å². The smallest absolute Gasteiger partial charge is 0.417 e. The lowest BCUT2D eigenvalue weighted by Crippen LogP contribution is -2.46. The van der Waals surface area contributed by atoms with Gasteiger partial charge in [0.25, 0.3) is 0 Å². The monoisotopic (exact) mass is 532 g/mol. The summed E-state index contributed by atoms with van der Waals surface area (Å²) >= 11 is 0. The van der Waals surface area contributed by atoms with Crippen molar-refractivity contribution in [1.29, 1.82) is 0 Å². The molecule has 2 aromatic rings. The van der Waals surface area contributed by atoms with Crippen molar-refractivity contribution in [2.75, 3.05) is 20.3 Å². The normalized spacial score (nSPS) is 24.8. The van der Waals surface area contributed by atoms with Crippen LogP contribution in [-0.4, -0.2) is 43.0 Å². The molecule has 5 atom stereocenters. The number of halogens is 5. The average molecular weight is 533 g/mol. The number of methoxy groups -OCH3 is 1. The first-order valence-electron chi connectivity index (χ1n) is 11.5. The molecule has 1 saturated heterocycles. The number of primary amides is 1. The zero-order valence-corrected chi connectivity index (χ0v) is 21.0. The van der Waals surface area contributed by atoms with E-state index in [-0.39, 0.29) is 24.5 Å². The molecule has 0 aliphatic carbocycles. The third-order valence-electron chi connectivity index (χ3n) is 7.01. The Labute approximate surface area is 210 Å². The second-order valence-corrected chi connectivity index (χ2v) is 9.45. The molecule has 1 aromatic carbocycles. The van der Waals surface area contributed by atoms with Gasteiger partial charge in [0.1, 0.15) is 12.7 Å². The minimum absolute atomic E-state index is 0.00396. The fourth-order valence-corrected chi connectivity index (χ4v) is 4.99. The van der Waals surface area contributed by atoms with Crippen LogP contribution in [0.25, 0.3) is 0 Å². The second-order valence-electron chi connectivity index (χ2n) is 9.45. The molecular formula is C25H29F5N2O5. The van der Waals surface area contributed by atoms with Crippen LogP contribution in [0.2, 0.25) is 0 Å². The third-order valence-corrected chi connectivity index (χ3v) is 7.01. The first kappa shape index (κ1) is 28.6. The molecule has 37 heavy (non-hydrogen) atoms. The molecule has 3 rings (SSSR count). The van der Waals surface area contributed by atoms with Crippen LogP contribution in [0.1, 0.15) is 61.2 Å². The van der Waals surface area contributed by atoms with E-state index in [1.807, 2.05) is 0 Å². The van der Waals surface area contributed by atoms with E-state index in [0.717, 1.165) is 32.2 Å². The quantitative estimate of drug-likeness (QED) is 0.491. The lowest BCUT2D eigenvalue weighted by atomic mass is 9.76. The van der Waals surface area contributed by atoms with Gasteiger partial charge in [0.05, 0.1) is 13.7 Å². The molecule has 1 aliphatic heterocycles. The van der Waals surface area contributed by atoms with Crippen molar-refractivity contribution in [3.63, 3.8) is 0 Å². The first-order valence-corrected chi connectivity index (χ1v) is 11.5. The van der Waals surface area contributed by atoms with E-state index in [0.29, 0.717) is 11.3 Å². The van der Waals surface area contributed by atoms with Crippen LogP contribution in [0.5, 0.6) is 5.75 Å². The Balaban J connectivity index is 2.12. The number of aromatic amines is 1. The molecule has 7 nitrogen and oxygen atoms in total. The van der Waals surface area contributed by atoms with Gasteiger partial charge in [-0.05, 0) is 19.9 Å². The van der Waals surface area contributed by atoms with Crippen molar-refractivity contribution in [2.24, 2.45) is 11.7 Å². The van der Waals surface area contributed by atoms with Crippen LogP contribution in [0.3, 0.4) is 0 Å². The van der Waals surface area contributed by atoms with E-state index in [1.165, 1.54) is 6.92 Å². The van der Waals surface area contributed by atoms with Crippen molar-refractivity contribution >= 4 is 5.91 Å². The topological polar surface area (TPSA) is 104 Å². The fourth-order valence-electron chi connectivity index (χ4n) is 4.99. The molecule has 1 fully saturated rings. The number of benzene rings is 1. The lowest BCUT2D eigenvalue weighted by molar-refractivity contribution is -0.275. The number of carbonyl (C=O) groups is 1. The highest BCUT2D eigenvalue weighted by atomic mass is 19.4. The molecule has 1 aliphatic rings. The second kappa shape index (κ2) is 10.4. The van der Waals surface area contributed by atoms with E-state index in [2.05, 4.69) is 4.98 Å². The Kier molecular flexibility index (Phi) is 8.04. The van der Waals surface area contributed by atoms with E-state index in [1.54, 1.807) is 13.8 Å². The van der Waals surface area contributed by atoms with Crippen LogP contribution in [0.4, 0.5) is 22.0 Å². The molecule has 204 valence electrons. The lowest BCUT2D eigenvalue weighted by Gasteiger charge is -2.32. The van der Waals surface area contributed by atoms with Crippen LogP contribution in [0, 0.1) is 24.5 Å². The molecule has 0 unspecified atom stereocenters. The highest BCUT2D eigenvalue weighted by Crippen LogP contribution is 2.59. The number of ether oxygens (including phenoxy) is 3. The van der Waals surface area contributed by atoms with Crippen molar-refractivity contribution in [3.05, 3.63) is 62.6 Å². The molecule has 1 amide bonds. The molecule has 0 radical (unpaired) electrons. The summed E-state index contributed by atoms with van der Waals surface area (Å²) in [6.45, 7) is 5.11. The van der Waals surface area contributed by atoms with Crippen molar-refractivity contribution in [3.8, 4) is 5.75 Å². The number of hydrogen-bond acceptors (Lipinski definition) is 5. The average Bonchev–Trinajstić information content (AvgIpc) is 3.06. The number of aryl methyl sites for hydroxylation is 1. The SMILES string of the molecule is COc1c([C@H]2[C@H](c3cc(=O)c([C@H](C)COCC(N)=O)c(C)[nH]3)O[C@@](C)(C(F)(F)F)[C@H]2C)ccc(F)c1F. The largest absolute Gasteiger partial charge is 0.493 e. The van der Waals surface area contributed by atoms with Gasteiger partial charge in [0.2, 0.25) is 11.7 Å².